The summed E-state index contributed by atoms with van der Waals surface area (Å²) in [5, 5.41) is 3.25. The third-order valence-electron chi connectivity index (χ3n) is 4.88. The molecule has 0 radical (unpaired) electrons. The predicted octanol–water partition coefficient (Wildman–Crippen LogP) is 3.10. The summed E-state index contributed by atoms with van der Waals surface area (Å²) in [6.45, 7) is 2.15. The van der Waals surface area contributed by atoms with Gasteiger partial charge in [0.25, 0.3) is 0 Å². The molecule has 3 atom stereocenters. The average Bonchev–Trinajstić information content (AvgIpc) is 3.02. The number of carbonyl (C=O) groups excluding carboxylic acids is 1. The van der Waals surface area contributed by atoms with Crippen LogP contribution in [0.3, 0.4) is 0 Å². The van der Waals surface area contributed by atoms with Crippen LogP contribution in [0.2, 0.25) is 0 Å². The van der Waals surface area contributed by atoms with Crippen molar-refractivity contribution in [1.29, 1.82) is 0 Å². The Morgan fingerprint density at radius 2 is 1.89 bits per heavy atom. The Kier molecular flexibility index (Phi) is 3.58. The smallest absolute Gasteiger partial charge is 0.224 e. The Bertz CT molecular complexity index is 451. The fourth-order valence-electron chi connectivity index (χ4n) is 3.76. The molecule has 2 heteroatoms. The molecule has 0 spiro atoms. The van der Waals surface area contributed by atoms with Crippen molar-refractivity contribution >= 4 is 5.91 Å². The summed E-state index contributed by atoms with van der Waals surface area (Å²) in [6, 6.07) is 8.87. The van der Waals surface area contributed by atoms with Gasteiger partial charge in [-0.1, -0.05) is 37.6 Å². The monoisotopic (exact) mass is 257 g/mol. The van der Waals surface area contributed by atoms with Gasteiger partial charge in [-0.05, 0) is 48.6 Å². The van der Waals surface area contributed by atoms with Gasteiger partial charge in [0.1, 0.15) is 0 Å². The van der Waals surface area contributed by atoms with E-state index in [0.717, 1.165) is 23.8 Å². The molecule has 19 heavy (non-hydrogen) atoms. The number of hydrogen-bond acceptors (Lipinski definition) is 1. The Hall–Kier alpha value is -1.31. The van der Waals surface area contributed by atoms with Crippen LogP contribution in [0, 0.1) is 11.8 Å². The largest absolute Gasteiger partial charge is 0.353 e. The Balaban J connectivity index is 1.53. The van der Waals surface area contributed by atoms with Crippen molar-refractivity contribution in [2.24, 2.45) is 11.8 Å². The average molecular weight is 257 g/mol. The van der Waals surface area contributed by atoms with E-state index in [2.05, 4.69) is 36.5 Å². The first kappa shape index (κ1) is 12.7. The molecule has 2 saturated carbocycles. The zero-order valence-electron chi connectivity index (χ0n) is 11.7. The van der Waals surface area contributed by atoms with Gasteiger partial charge in [-0.25, -0.2) is 0 Å². The third kappa shape index (κ3) is 2.83. The van der Waals surface area contributed by atoms with Crippen LogP contribution in [-0.4, -0.2) is 11.9 Å². The Morgan fingerprint density at radius 1 is 1.16 bits per heavy atom. The lowest BCUT2D eigenvalue weighted by atomic mass is 9.95. The van der Waals surface area contributed by atoms with E-state index in [9.17, 15) is 4.79 Å². The van der Waals surface area contributed by atoms with Crippen LogP contribution in [0.4, 0.5) is 0 Å². The lowest BCUT2D eigenvalue weighted by molar-refractivity contribution is -0.121. The maximum atomic E-state index is 12.1. The number of fused-ring (bicyclic) bond motifs is 2. The van der Waals surface area contributed by atoms with Crippen LogP contribution < -0.4 is 5.32 Å². The maximum Gasteiger partial charge on any atom is 0.224 e. The van der Waals surface area contributed by atoms with Crippen molar-refractivity contribution in [2.45, 2.75) is 51.5 Å². The predicted molar refractivity (Wildman–Crippen MR) is 76.9 cm³/mol. The number of rotatable bonds is 4. The van der Waals surface area contributed by atoms with Crippen LogP contribution >= 0.6 is 0 Å². The lowest BCUT2D eigenvalue weighted by Gasteiger charge is -2.22. The summed E-state index contributed by atoms with van der Waals surface area (Å²) >= 11 is 0. The molecule has 2 nitrogen and oxygen atoms in total. The quantitative estimate of drug-likeness (QED) is 0.882. The van der Waals surface area contributed by atoms with Gasteiger partial charge in [-0.2, -0.15) is 0 Å². The molecule has 2 aliphatic carbocycles. The van der Waals surface area contributed by atoms with Crippen molar-refractivity contribution in [3.63, 3.8) is 0 Å². The second-order valence-electron chi connectivity index (χ2n) is 6.20. The van der Waals surface area contributed by atoms with Gasteiger partial charge in [0.05, 0.1) is 6.42 Å². The van der Waals surface area contributed by atoms with Gasteiger partial charge in [-0.3, -0.25) is 4.79 Å². The molecule has 2 bridgehead atoms. The zero-order chi connectivity index (χ0) is 13.2. The Labute approximate surface area is 115 Å². The van der Waals surface area contributed by atoms with Crippen LogP contribution in [0.25, 0.3) is 0 Å². The van der Waals surface area contributed by atoms with Crippen LogP contribution in [0.1, 0.15) is 43.7 Å². The first-order valence-electron chi connectivity index (χ1n) is 7.61. The second kappa shape index (κ2) is 5.36. The van der Waals surface area contributed by atoms with E-state index < -0.39 is 0 Å². The van der Waals surface area contributed by atoms with E-state index in [-0.39, 0.29) is 5.91 Å². The van der Waals surface area contributed by atoms with Crippen molar-refractivity contribution in [2.75, 3.05) is 0 Å². The van der Waals surface area contributed by atoms with Crippen molar-refractivity contribution in [3.8, 4) is 0 Å². The standard InChI is InChI=1S/C17H23NO/c1-2-12-3-5-13(6-4-12)11-17(19)18-16-10-14-7-8-15(16)9-14/h3-6,14-16H,2,7-11H2,1H3,(H,18,19)/t14-,15-,16-/m1/s1. The van der Waals surface area contributed by atoms with Crippen molar-refractivity contribution < 1.29 is 4.79 Å². The summed E-state index contributed by atoms with van der Waals surface area (Å²) < 4.78 is 0. The number of carbonyl (C=O) groups is 1. The molecule has 1 aromatic carbocycles. The van der Waals surface area contributed by atoms with E-state index >= 15 is 0 Å². The van der Waals surface area contributed by atoms with E-state index in [1.165, 1.54) is 31.2 Å². The summed E-state index contributed by atoms with van der Waals surface area (Å²) in [6.07, 6.45) is 6.84. The van der Waals surface area contributed by atoms with E-state index in [1.807, 2.05) is 0 Å². The van der Waals surface area contributed by atoms with Gasteiger partial charge in [0.2, 0.25) is 5.91 Å². The minimum Gasteiger partial charge on any atom is -0.353 e. The molecule has 0 aromatic heterocycles. The number of amides is 1. The maximum absolute atomic E-state index is 12.1. The molecular formula is C17H23NO. The molecule has 0 saturated heterocycles. The number of nitrogens with one attached hydrogen (secondary N) is 1. The highest BCUT2D eigenvalue weighted by Gasteiger charge is 2.39. The topological polar surface area (TPSA) is 29.1 Å². The SMILES string of the molecule is CCc1ccc(CC(=O)N[C@@H]2C[C@@H]3CC[C@@H]2C3)cc1. The molecule has 1 amide bonds. The molecule has 3 rings (SSSR count). The normalized spacial score (nSPS) is 28.6. The van der Waals surface area contributed by atoms with E-state index in [0.29, 0.717) is 12.5 Å². The molecular weight excluding hydrogens is 234 g/mol. The summed E-state index contributed by atoms with van der Waals surface area (Å²) in [5.41, 5.74) is 2.45. The van der Waals surface area contributed by atoms with Gasteiger partial charge in [0.15, 0.2) is 0 Å². The lowest BCUT2D eigenvalue weighted by Crippen LogP contribution is -2.39. The first-order valence-corrected chi connectivity index (χ1v) is 7.61. The number of aryl methyl sites for hydroxylation is 1. The number of hydrogen-bond donors (Lipinski definition) is 1. The van der Waals surface area contributed by atoms with Crippen LogP contribution in [0.15, 0.2) is 24.3 Å². The number of benzene rings is 1. The summed E-state index contributed by atoms with van der Waals surface area (Å²) in [5.74, 6) is 1.84. The second-order valence-corrected chi connectivity index (χ2v) is 6.20. The molecule has 102 valence electrons. The van der Waals surface area contributed by atoms with Crippen LogP contribution in [0.5, 0.6) is 0 Å². The van der Waals surface area contributed by atoms with Crippen LogP contribution in [-0.2, 0) is 17.6 Å². The van der Waals surface area contributed by atoms with E-state index in [4.69, 9.17) is 0 Å². The zero-order valence-corrected chi connectivity index (χ0v) is 11.7. The highest BCUT2D eigenvalue weighted by Crippen LogP contribution is 2.44. The van der Waals surface area contributed by atoms with Gasteiger partial charge < -0.3 is 5.32 Å². The molecule has 1 aromatic rings. The van der Waals surface area contributed by atoms with Gasteiger partial charge in [-0.15, -0.1) is 0 Å². The summed E-state index contributed by atoms with van der Waals surface area (Å²) in [4.78, 5) is 12.1. The highest BCUT2D eigenvalue weighted by molar-refractivity contribution is 5.79. The molecule has 0 aliphatic heterocycles. The fraction of sp³-hybridized carbons (Fsp3) is 0.588. The third-order valence-corrected chi connectivity index (χ3v) is 4.88. The molecule has 2 fully saturated rings. The molecule has 0 unspecified atom stereocenters. The minimum absolute atomic E-state index is 0.196. The van der Waals surface area contributed by atoms with E-state index in [1.54, 1.807) is 0 Å². The molecule has 0 heterocycles. The van der Waals surface area contributed by atoms with Gasteiger partial charge in [0, 0.05) is 6.04 Å². The summed E-state index contributed by atoms with van der Waals surface area (Å²) in [7, 11) is 0. The highest BCUT2D eigenvalue weighted by atomic mass is 16.1. The van der Waals surface area contributed by atoms with Crippen molar-refractivity contribution in [1.82, 2.24) is 5.32 Å². The Morgan fingerprint density at radius 3 is 2.47 bits per heavy atom. The minimum atomic E-state index is 0.196. The first-order chi connectivity index (χ1) is 9.24. The fourth-order valence-corrected chi connectivity index (χ4v) is 3.76. The molecule has 2 aliphatic rings. The van der Waals surface area contributed by atoms with Gasteiger partial charge >= 0.3 is 0 Å². The van der Waals surface area contributed by atoms with Crippen molar-refractivity contribution in [3.05, 3.63) is 35.4 Å². The molecule has 1 N–H and O–H groups in total.